The van der Waals surface area contributed by atoms with Crippen molar-refractivity contribution in [3.63, 3.8) is 0 Å². The highest BCUT2D eigenvalue weighted by atomic mass is 35.5. The third-order valence-corrected chi connectivity index (χ3v) is 4.91. The topological polar surface area (TPSA) is 92.7 Å². The molecule has 0 saturated carbocycles. The van der Waals surface area contributed by atoms with Gasteiger partial charge in [0.15, 0.2) is 0 Å². The molecule has 0 fully saturated rings. The number of ether oxygens (including phenoxy) is 1. The van der Waals surface area contributed by atoms with E-state index >= 15 is 0 Å². The van der Waals surface area contributed by atoms with Crippen LogP contribution < -0.4 is 9.46 Å². The maximum Gasteiger partial charge on any atom is 0.335 e. The van der Waals surface area contributed by atoms with Crippen molar-refractivity contribution in [1.29, 1.82) is 0 Å². The number of aromatic carboxylic acids is 1. The number of anilines is 1. The summed E-state index contributed by atoms with van der Waals surface area (Å²) in [6, 6.07) is 8.29. The number of aryl methyl sites for hydroxylation is 1. The highest BCUT2D eigenvalue weighted by molar-refractivity contribution is 7.92. The molecule has 2 N–H and O–H groups in total. The van der Waals surface area contributed by atoms with Gasteiger partial charge in [0.2, 0.25) is 0 Å². The van der Waals surface area contributed by atoms with E-state index in [-0.39, 0.29) is 26.9 Å². The molecule has 2 aromatic carbocycles. The summed E-state index contributed by atoms with van der Waals surface area (Å²) in [4.78, 5) is 10.8. The van der Waals surface area contributed by atoms with Gasteiger partial charge in [-0.15, -0.1) is 0 Å². The maximum atomic E-state index is 12.5. The summed E-state index contributed by atoms with van der Waals surface area (Å²) in [5.41, 5.74) is 0.776. The van der Waals surface area contributed by atoms with Crippen LogP contribution in [0.1, 0.15) is 15.9 Å². The van der Waals surface area contributed by atoms with Crippen molar-refractivity contribution in [1.82, 2.24) is 0 Å². The fourth-order valence-electron chi connectivity index (χ4n) is 1.93. The van der Waals surface area contributed by atoms with Gasteiger partial charge in [-0.25, -0.2) is 13.2 Å². The van der Waals surface area contributed by atoms with Crippen LogP contribution in [0.25, 0.3) is 0 Å². The minimum absolute atomic E-state index is 0.0286. The van der Waals surface area contributed by atoms with Crippen LogP contribution in [0, 0.1) is 6.92 Å². The number of hydrogen-bond acceptors (Lipinski definition) is 4. The van der Waals surface area contributed by atoms with Crippen LogP contribution in [0.4, 0.5) is 5.69 Å². The number of halogens is 1. The molecule has 0 bridgehead atoms. The lowest BCUT2D eigenvalue weighted by Crippen LogP contribution is -2.14. The zero-order valence-electron chi connectivity index (χ0n) is 12.3. The summed E-state index contributed by atoms with van der Waals surface area (Å²) in [6.45, 7) is 1.73. The van der Waals surface area contributed by atoms with Gasteiger partial charge in [0.1, 0.15) is 10.6 Å². The molecule has 0 aliphatic heterocycles. The average Bonchev–Trinajstić information content (AvgIpc) is 2.49. The number of rotatable bonds is 5. The third-order valence-electron chi connectivity index (χ3n) is 3.10. The molecule has 0 atom stereocenters. The molecular formula is C15H14ClNO5S. The highest BCUT2D eigenvalue weighted by Crippen LogP contribution is 2.31. The van der Waals surface area contributed by atoms with E-state index in [1.54, 1.807) is 6.92 Å². The summed E-state index contributed by atoms with van der Waals surface area (Å²) in [5.74, 6) is -1.00. The van der Waals surface area contributed by atoms with Gasteiger partial charge in [-0.3, -0.25) is 4.72 Å². The van der Waals surface area contributed by atoms with Gasteiger partial charge in [0, 0.05) is 10.7 Å². The average molecular weight is 356 g/mol. The largest absolute Gasteiger partial charge is 0.495 e. The molecule has 0 aliphatic carbocycles. The van der Waals surface area contributed by atoms with E-state index in [0.717, 1.165) is 0 Å². The molecule has 0 radical (unpaired) electrons. The van der Waals surface area contributed by atoms with Crippen LogP contribution >= 0.6 is 11.6 Å². The standard InChI is InChI=1S/C15H14ClNO5S/c1-9-6-13(22-2)14(8-12(9)16)23(20,21)17-11-5-3-4-10(7-11)15(18)19/h3-8,17H,1-2H3,(H,18,19). The molecular weight excluding hydrogens is 342 g/mol. The Hall–Kier alpha value is -2.25. The normalized spacial score (nSPS) is 11.1. The molecule has 122 valence electrons. The highest BCUT2D eigenvalue weighted by Gasteiger charge is 2.21. The SMILES string of the molecule is COc1cc(C)c(Cl)cc1S(=O)(=O)Nc1cccc(C(=O)O)c1. The molecule has 0 unspecified atom stereocenters. The van der Waals surface area contributed by atoms with Gasteiger partial charge in [-0.2, -0.15) is 0 Å². The zero-order chi connectivity index (χ0) is 17.2. The molecule has 8 heteroatoms. The zero-order valence-corrected chi connectivity index (χ0v) is 13.9. The molecule has 0 spiro atoms. The summed E-state index contributed by atoms with van der Waals surface area (Å²) >= 11 is 5.99. The number of nitrogens with one attached hydrogen (secondary N) is 1. The van der Waals surface area contributed by atoms with Crippen molar-refractivity contribution in [2.45, 2.75) is 11.8 Å². The van der Waals surface area contributed by atoms with Crippen LogP contribution in [0.2, 0.25) is 5.02 Å². The molecule has 2 aromatic rings. The van der Waals surface area contributed by atoms with Crippen molar-refractivity contribution < 1.29 is 23.1 Å². The summed E-state index contributed by atoms with van der Waals surface area (Å²) < 4.78 is 32.5. The van der Waals surface area contributed by atoms with Gasteiger partial charge in [0.05, 0.1) is 12.7 Å². The van der Waals surface area contributed by atoms with Gasteiger partial charge >= 0.3 is 5.97 Å². The second-order valence-electron chi connectivity index (χ2n) is 4.74. The van der Waals surface area contributed by atoms with Crippen molar-refractivity contribution in [2.75, 3.05) is 11.8 Å². The predicted molar refractivity (Wildman–Crippen MR) is 87.0 cm³/mol. The van der Waals surface area contributed by atoms with E-state index in [9.17, 15) is 13.2 Å². The molecule has 0 saturated heterocycles. The van der Waals surface area contributed by atoms with Crippen molar-refractivity contribution in [2.24, 2.45) is 0 Å². The van der Waals surface area contributed by atoms with Crippen LogP contribution in [-0.2, 0) is 10.0 Å². The van der Waals surface area contributed by atoms with Crippen LogP contribution in [-0.4, -0.2) is 26.6 Å². The Morgan fingerprint density at radius 3 is 2.57 bits per heavy atom. The Morgan fingerprint density at radius 2 is 1.96 bits per heavy atom. The van der Waals surface area contributed by atoms with Crippen molar-refractivity contribution in [3.8, 4) is 5.75 Å². The first-order valence-corrected chi connectivity index (χ1v) is 8.31. The number of carboxylic acids is 1. The Morgan fingerprint density at radius 1 is 1.26 bits per heavy atom. The van der Waals surface area contributed by atoms with Crippen LogP contribution in [0.5, 0.6) is 5.75 Å². The van der Waals surface area contributed by atoms with Gasteiger partial charge < -0.3 is 9.84 Å². The molecule has 0 aliphatic rings. The molecule has 0 heterocycles. The maximum absolute atomic E-state index is 12.5. The van der Waals surface area contributed by atoms with Gasteiger partial charge in [-0.1, -0.05) is 17.7 Å². The third kappa shape index (κ3) is 3.75. The Labute approximate surface area is 138 Å². The van der Waals surface area contributed by atoms with E-state index in [1.807, 2.05) is 0 Å². The van der Waals surface area contributed by atoms with Crippen molar-refractivity contribution >= 4 is 33.3 Å². The number of methoxy groups -OCH3 is 1. The second-order valence-corrected chi connectivity index (χ2v) is 6.80. The Bertz CT molecular complexity index is 864. The number of benzene rings is 2. The van der Waals surface area contributed by atoms with E-state index in [0.29, 0.717) is 5.56 Å². The van der Waals surface area contributed by atoms with E-state index in [4.69, 9.17) is 21.4 Å². The first kappa shape index (κ1) is 17.1. The predicted octanol–water partition coefficient (Wildman–Crippen LogP) is 3.16. The number of hydrogen-bond donors (Lipinski definition) is 2. The van der Waals surface area contributed by atoms with Crippen LogP contribution in [0.3, 0.4) is 0 Å². The lowest BCUT2D eigenvalue weighted by Gasteiger charge is -2.13. The molecule has 0 amide bonds. The minimum Gasteiger partial charge on any atom is -0.495 e. The monoisotopic (exact) mass is 355 g/mol. The Balaban J connectivity index is 2.45. The molecule has 2 rings (SSSR count). The smallest absolute Gasteiger partial charge is 0.335 e. The van der Waals surface area contributed by atoms with E-state index in [2.05, 4.69) is 4.72 Å². The van der Waals surface area contributed by atoms with Crippen LogP contribution in [0.15, 0.2) is 41.3 Å². The fraction of sp³-hybridized carbons (Fsp3) is 0.133. The number of carboxylic acid groups (broad SMARTS) is 1. The lowest BCUT2D eigenvalue weighted by molar-refractivity contribution is 0.0697. The first-order valence-electron chi connectivity index (χ1n) is 6.45. The minimum atomic E-state index is -3.99. The van der Waals surface area contributed by atoms with E-state index < -0.39 is 16.0 Å². The van der Waals surface area contributed by atoms with Gasteiger partial charge in [-0.05, 0) is 42.8 Å². The second kappa shape index (κ2) is 6.47. The van der Waals surface area contributed by atoms with E-state index in [1.165, 1.54) is 43.5 Å². The molecule has 0 aromatic heterocycles. The van der Waals surface area contributed by atoms with Crippen molar-refractivity contribution in [3.05, 3.63) is 52.5 Å². The van der Waals surface area contributed by atoms with Gasteiger partial charge in [0.25, 0.3) is 10.0 Å². The lowest BCUT2D eigenvalue weighted by atomic mass is 10.2. The number of sulfonamides is 1. The Kier molecular flexibility index (Phi) is 4.82. The molecule has 23 heavy (non-hydrogen) atoms. The first-order chi connectivity index (χ1) is 10.7. The summed E-state index contributed by atoms with van der Waals surface area (Å²) in [7, 11) is -2.64. The summed E-state index contributed by atoms with van der Waals surface area (Å²) in [5, 5.41) is 9.24. The summed E-state index contributed by atoms with van der Waals surface area (Å²) in [6.07, 6.45) is 0. The quantitative estimate of drug-likeness (QED) is 0.859. The fourth-order valence-corrected chi connectivity index (χ4v) is 3.39. The number of carbonyl (C=O) groups is 1. The molecule has 6 nitrogen and oxygen atoms in total.